The Morgan fingerprint density at radius 1 is 1.44 bits per heavy atom. The number of nitrogens with two attached hydrogens (primary N) is 1. The molecule has 4 N–H and O–H groups in total. The molecule has 0 fully saturated rings. The van der Waals surface area contributed by atoms with E-state index in [4.69, 9.17) is 10.8 Å². The lowest BCUT2D eigenvalue weighted by Gasteiger charge is -2.02. The molecule has 94 valence electrons. The summed E-state index contributed by atoms with van der Waals surface area (Å²) >= 11 is 1.73. The fourth-order valence-corrected chi connectivity index (χ4v) is 2.33. The Morgan fingerprint density at radius 2 is 2.11 bits per heavy atom. The Kier molecular flexibility index (Phi) is 3.57. The fraction of sp³-hybridized carbons (Fsp3) is 0.167. The average molecular weight is 263 g/mol. The van der Waals surface area contributed by atoms with Gasteiger partial charge in [-0.15, -0.1) is 11.8 Å². The van der Waals surface area contributed by atoms with Crippen molar-refractivity contribution >= 4 is 23.5 Å². The molecule has 5 nitrogen and oxygen atoms in total. The van der Waals surface area contributed by atoms with Crippen LogP contribution in [0.1, 0.15) is 17.3 Å². The number of nitrogens with zero attached hydrogens (tertiary/aromatic N) is 1. The van der Waals surface area contributed by atoms with Crippen molar-refractivity contribution in [2.75, 3.05) is 11.5 Å². The van der Waals surface area contributed by atoms with Gasteiger partial charge in [0.2, 0.25) is 0 Å². The Labute approximate surface area is 108 Å². The standard InChI is InChI=1S/C12H13N3O2S/c1-2-18-8-5-3-7(4-6-8)10-9(12(16)17)11(13)15-14-10/h3-6H,2H2,1H3,(H,16,17)(H3,13,14,15). The van der Waals surface area contributed by atoms with E-state index < -0.39 is 5.97 Å². The van der Waals surface area contributed by atoms with E-state index in [1.165, 1.54) is 0 Å². The van der Waals surface area contributed by atoms with E-state index in [0.29, 0.717) is 5.69 Å². The van der Waals surface area contributed by atoms with E-state index in [9.17, 15) is 4.79 Å². The predicted octanol–water partition coefficient (Wildman–Crippen LogP) is 2.47. The number of aromatic nitrogens is 2. The number of thioether (sulfide) groups is 1. The summed E-state index contributed by atoms with van der Waals surface area (Å²) in [6.07, 6.45) is 0. The minimum atomic E-state index is -1.08. The number of anilines is 1. The van der Waals surface area contributed by atoms with Gasteiger partial charge in [0.1, 0.15) is 5.56 Å². The molecular weight excluding hydrogens is 250 g/mol. The van der Waals surface area contributed by atoms with Crippen LogP contribution in [0.4, 0.5) is 5.82 Å². The molecule has 0 aliphatic carbocycles. The number of nitrogen functional groups attached to an aromatic ring is 1. The first kappa shape index (κ1) is 12.5. The number of benzene rings is 1. The second kappa shape index (κ2) is 5.14. The first-order valence-corrected chi connectivity index (χ1v) is 6.42. The number of carboxylic acid groups (broad SMARTS) is 1. The smallest absolute Gasteiger partial charge is 0.341 e. The predicted molar refractivity (Wildman–Crippen MR) is 71.8 cm³/mol. The fourth-order valence-electron chi connectivity index (χ4n) is 1.67. The van der Waals surface area contributed by atoms with E-state index in [0.717, 1.165) is 16.2 Å². The van der Waals surface area contributed by atoms with E-state index >= 15 is 0 Å². The van der Waals surface area contributed by atoms with Crippen molar-refractivity contribution in [2.24, 2.45) is 0 Å². The van der Waals surface area contributed by atoms with Gasteiger partial charge in [-0.25, -0.2) is 4.79 Å². The van der Waals surface area contributed by atoms with Crippen molar-refractivity contribution in [1.29, 1.82) is 0 Å². The SMILES string of the molecule is CCSc1ccc(-c2[nH]nc(N)c2C(=O)O)cc1. The molecule has 1 aromatic heterocycles. The highest BCUT2D eigenvalue weighted by molar-refractivity contribution is 7.99. The molecule has 2 rings (SSSR count). The van der Waals surface area contributed by atoms with Crippen molar-refractivity contribution < 1.29 is 9.90 Å². The summed E-state index contributed by atoms with van der Waals surface area (Å²) in [4.78, 5) is 12.2. The third-order valence-corrected chi connectivity index (χ3v) is 3.36. The van der Waals surface area contributed by atoms with Crippen LogP contribution in [0.15, 0.2) is 29.2 Å². The number of nitrogens with one attached hydrogen (secondary N) is 1. The number of rotatable bonds is 4. The van der Waals surface area contributed by atoms with E-state index in [1.807, 2.05) is 24.3 Å². The molecular formula is C12H13N3O2S. The molecule has 18 heavy (non-hydrogen) atoms. The summed E-state index contributed by atoms with van der Waals surface area (Å²) in [6.45, 7) is 2.08. The van der Waals surface area contributed by atoms with Crippen molar-refractivity contribution in [1.82, 2.24) is 10.2 Å². The lowest BCUT2D eigenvalue weighted by molar-refractivity contribution is 0.0699. The summed E-state index contributed by atoms with van der Waals surface area (Å²) in [5.74, 6) is -0.0794. The van der Waals surface area contributed by atoms with Gasteiger partial charge in [-0.3, -0.25) is 5.10 Å². The normalized spacial score (nSPS) is 10.5. The van der Waals surface area contributed by atoms with Crippen LogP contribution in [-0.4, -0.2) is 27.0 Å². The lowest BCUT2D eigenvalue weighted by atomic mass is 10.1. The molecule has 0 saturated carbocycles. The minimum Gasteiger partial charge on any atom is -0.477 e. The van der Waals surface area contributed by atoms with E-state index in [1.54, 1.807) is 11.8 Å². The van der Waals surface area contributed by atoms with Crippen molar-refractivity contribution in [2.45, 2.75) is 11.8 Å². The van der Waals surface area contributed by atoms with Gasteiger partial charge in [0, 0.05) is 10.5 Å². The molecule has 1 aromatic carbocycles. The zero-order valence-corrected chi connectivity index (χ0v) is 10.6. The molecule has 0 spiro atoms. The Morgan fingerprint density at radius 3 is 2.67 bits per heavy atom. The molecule has 0 amide bonds. The maximum absolute atomic E-state index is 11.1. The van der Waals surface area contributed by atoms with Gasteiger partial charge < -0.3 is 10.8 Å². The van der Waals surface area contributed by atoms with Gasteiger partial charge in [-0.2, -0.15) is 5.10 Å². The largest absolute Gasteiger partial charge is 0.477 e. The summed E-state index contributed by atoms with van der Waals surface area (Å²) in [5.41, 5.74) is 6.75. The molecule has 0 aliphatic heterocycles. The van der Waals surface area contributed by atoms with E-state index in [2.05, 4.69) is 17.1 Å². The van der Waals surface area contributed by atoms with E-state index in [-0.39, 0.29) is 11.4 Å². The van der Waals surface area contributed by atoms with Crippen molar-refractivity contribution in [3.8, 4) is 11.3 Å². The van der Waals surface area contributed by atoms with Gasteiger partial charge in [-0.05, 0) is 17.9 Å². The van der Waals surface area contributed by atoms with Crippen LogP contribution in [0.3, 0.4) is 0 Å². The molecule has 0 bridgehead atoms. The highest BCUT2D eigenvalue weighted by atomic mass is 32.2. The molecule has 0 radical (unpaired) electrons. The first-order valence-electron chi connectivity index (χ1n) is 5.43. The first-order chi connectivity index (χ1) is 8.63. The summed E-state index contributed by atoms with van der Waals surface area (Å²) < 4.78 is 0. The van der Waals surface area contributed by atoms with Gasteiger partial charge in [0.05, 0.1) is 5.69 Å². The lowest BCUT2D eigenvalue weighted by Crippen LogP contribution is -2.01. The van der Waals surface area contributed by atoms with Crippen LogP contribution in [-0.2, 0) is 0 Å². The molecule has 6 heteroatoms. The average Bonchev–Trinajstić information content (AvgIpc) is 2.73. The van der Waals surface area contributed by atoms with Gasteiger partial charge in [-0.1, -0.05) is 19.1 Å². The molecule has 0 unspecified atom stereocenters. The van der Waals surface area contributed by atoms with Gasteiger partial charge in [0.15, 0.2) is 5.82 Å². The maximum Gasteiger partial charge on any atom is 0.341 e. The summed E-state index contributed by atoms with van der Waals surface area (Å²) in [5, 5.41) is 15.5. The number of hydrogen-bond acceptors (Lipinski definition) is 4. The second-order valence-electron chi connectivity index (χ2n) is 3.62. The van der Waals surface area contributed by atoms with Crippen LogP contribution in [0.25, 0.3) is 11.3 Å². The third-order valence-electron chi connectivity index (χ3n) is 2.46. The number of aromatic amines is 1. The van der Waals surface area contributed by atoms with Gasteiger partial charge >= 0.3 is 5.97 Å². The molecule has 0 atom stereocenters. The van der Waals surface area contributed by atoms with Crippen LogP contribution >= 0.6 is 11.8 Å². The quantitative estimate of drug-likeness (QED) is 0.737. The Balaban J connectivity index is 2.40. The molecule has 2 aromatic rings. The Bertz CT molecular complexity index is 563. The number of H-pyrrole nitrogens is 1. The summed E-state index contributed by atoms with van der Waals surface area (Å²) in [7, 11) is 0. The van der Waals surface area contributed by atoms with Gasteiger partial charge in [0.25, 0.3) is 0 Å². The number of hydrogen-bond donors (Lipinski definition) is 3. The molecule has 0 saturated heterocycles. The molecule has 1 heterocycles. The topological polar surface area (TPSA) is 92.0 Å². The number of carbonyl (C=O) groups is 1. The molecule has 0 aliphatic rings. The number of aromatic carboxylic acids is 1. The monoisotopic (exact) mass is 263 g/mol. The van der Waals surface area contributed by atoms with Crippen LogP contribution in [0, 0.1) is 0 Å². The van der Waals surface area contributed by atoms with Crippen LogP contribution < -0.4 is 5.73 Å². The van der Waals surface area contributed by atoms with Crippen LogP contribution in [0.2, 0.25) is 0 Å². The maximum atomic E-state index is 11.1. The zero-order valence-electron chi connectivity index (χ0n) is 9.80. The zero-order chi connectivity index (χ0) is 13.1. The van der Waals surface area contributed by atoms with Crippen molar-refractivity contribution in [3.63, 3.8) is 0 Å². The minimum absolute atomic E-state index is 0.00418. The van der Waals surface area contributed by atoms with Crippen molar-refractivity contribution in [3.05, 3.63) is 29.8 Å². The second-order valence-corrected chi connectivity index (χ2v) is 4.96. The van der Waals surface area contributed by atoms with Crippen LogP contribution in [0.5, 0.6) is 0 Å². The highest BCUT2D eigenvalue weighted by Crippen LogP contribution is 2.27. The number of carboxylic acids is 1. The Hall–Kier alpha value is -1.95. The highest BCUT2D eigenvalue weighted by Gasteiger charge is 2.18. The summed E-state index contributed by atoms with van der Waals surface area (Å²) in [6, 6.07) is 7.62. The third kappa shape index (κ3) is 2.33.